The first-order valence-electron chi connectivity index (χ1n) is 6.87. The highest BCUT2D eigenvalue weighted by atomic mass is 35.5. The van der Waals surface area contributed by atoms with E-state index in [1.165, 1.54) is 5.56 Å². The number of anilines is 1. The van der Waals surface area contributed by atoms with E-state index in [9.17, 15) is 0 Å². The average molecular weight is 301 g/mol. The number of aromatic nitrogens is 1. The van der Waals surface area contributed by atoms with E-state index in [1.807, 2.05) is 38.4 Å². The summed E-state index contributed by atoms with van der Waals surface area (Å²) in [5, 5.41) is 2.28. The van der Waals surface area contributed by atoms with Crippen LogP contribution in [-0.4, -0.2) is 12.0 Å². The molecular weight excluding hydrogens is 284 g/mol. The van der Waals surface area contributed by atoms with Gasteiger partial charge in [-0.25, -0.2) is 4.98 Å². The summed E-state index contributed by atoms with van der Waals surface area (Å²) >= 11 is 6.01. The summed E-state index contributed by atoms with van der Waals surface area (Å²) in [6.07, 6.45) is 3.59. The minimum absolute atomic E-state index is 0.471. The molecule has 0 aliphatic carbocycles. The van der Waals surface area contributed by atoms with Gasteiger partial charge in [-0.05, 0) is 23.9 Å². The monoisotopic (exact) mass is 300 g/mol. The molecule has 3 rings (SSSR count). The SMILES string of the molecule is Cc1occc1CN(C)c1ncc(CCl)c2ccccc12. The van der Waals surface area contributed by atoms with E-state index in [4.69, 9.17) is 16.0 Å². The van der Waals surface area contributed by atoms with Gasteiger partial charge in [0.05, 0.1) is 6.26 Å². The number of hydrogen-bond acceptors (Lipinski definition) is 3. The van der Waals surface area contributed by atoms with Crippen molar-refractivity contribution in [3.8, 4) is 0 Å². The van der Waals surface area contributed by atoms with Crippen molar-refractivity contribution in [3.05, 3.63) is 59.7 Å². The van der Waals surface area contributed by atoms with E-state index in [2.05, 4.69) is 22.0 Å². The Morgan fingerprint density at radius 1 is 1.14 bits per heavy atom. The van der Waals surface area contributed by atoms with E-state index in [1.54, 1.807) is 6.26 Å². The molecule has 2 heterocycles. The van der Waals surface area contributed by atoms with Crippen molar-refractivity contribution < 1.29 is 4.42 Å². The normalized spacial score (nSPS) is 11.0. The van der Waals surface area contributed by atoms with Gasteiger partial charge in [0.15, 0.2) is 0 Å². The number of rotatable bonds is 4. The lowest BCUT2D eigenvalue weighted by Gasteiger charge is -2.20. The molecule has 0 N–H and O–H groups in total. The molecule has 0 fully saturated rings. The topological polar surface area (TPSA) is 29.3 Å². The molecular formula is C17H17ClN2O. The highest BCUT2D eigenvalue weighted by Crippen LogP contribution is 2.28. The maximum Gasteiger partial charge on any atom is 0.136 e. The zero-order valence-corrected chi connectivity index (χ0v) is 12.9. The molecule has 3 aromatic rings. The van der Waals surface area contributed by atoms with E-state index >= 15 is 0 Å². The number of furan rings is 1. The van der Waals surface area contributed by atoms with E-state index < -0.39 is 0 Å². The molecule has 108 valence electrons. The summed E-state index contributed by atoms with van der Waals surface area (Å²) in [4.78, 5) is 6.74. The number of benzene rings is 1. The van der Waals surface area contributed by atoms with Crippen LogP contribution >= 0.6 is 11.6 Å². The molecule has 0 saturated heterocycles. The molecule has 0 radical (unpaired) electrons. The Balaban J connectivity index is 2.02. The van der Waals surface area contributed by atoms with Crippen LogP contribution in [0.15, 0.2) is 47.2 Å². The van der Waals surface area contributed by atoms with Crippen molar-refractivity contribution in [3.63, 3.8) is 0 Å². The van der Waals surface area contributed by atoms with Crippen LogP contribution in [0.2, 0.25) is 0 Å². The van der Waals surface area contributed by atoms with Crippen molar-refractivity contribution in [2.75, 3.05) is 11.9 Å². The highest BCUT2D eigenvalue weighted by Gasteiger charge is 2.12. The van der Waals surface area contributed by atoms with Gasteiger partial charge in [0.1, 0.15) is 11.6 Å². The Bertz CT molecular complexity index is 766. The minimum Gasteiger partial charge on any atom is -0.469 e. The second kappa shape index (κ2) is 5.78. The lowest BCUT2D eigenvalue weighted by molar-refractivity contribution is 0.529. The lowest BCUT2D eigenvalue weighted by Crippen LogP contribution is -2.18. The summed E-state index contributed by atoms with van der Waals surface area (Å²) in [6.45, 7) is 2.74. The number of aryl methyl sites for hydroxylation is 1. The first-order chi connectivity index (χ1) is 10.2. The predicted molar refractivity (Wildman–Crippen MR) is 86.9 cm³/mol. The van der Waals surface area contributed by atoms with Crippen LogP contribution in [0.25, 0.3) is 10.8 Å². The number of alkyl halides is 1. The molecule has 21 heavy (non-hydrogen) atoms. The molecule has 3 nitrogen and oxygen atoms in total. The molecule has 0 atom stereocenters. The second-order valence-corrected chi connectivity index (χ2v) is 5.41. The third-order valence-electron chi connectivity index (χ3n) is 3.74. The first-order valence-corrected chi connectivity index (χ1v) is 7.41. The van der Waals surface area contributed by atoms with Gasteiger partial charge in [0, 0.05) is 36.6 Å². The minimum atomic E-state index is 0.471. The summed E-state index contributed by atoms with van der Waals surface area (Å²) < 4.78 is 5.36. The summed E-state index contributed by atoms with van der Waals surface area (Å²) in [6, 6.07) is 10.2. The van der Waals surface area contributed by atoms with Gasteiger partial charge in [0.25, 0.3) is 0 Å². The zero-order chi connectivity index (χ0) is 14.8. The molecule has 1 aromatic carbocycles. The first kappa shape index (κ1) is 14.0. The van der Waals surface area contributed by atoms with Crippen molar-refractivity contribution in [2.45, 2.75) is 19.3 Å². The van der Waals surface area contributed by atoms with Gasteiger partial charge in [0.2, 0.25) is 0 Å². The summed E-state index contributed by atoms with van der Waals surface area (Å²) in [5.74, 6) is 2.38. The van der Waals surface area contributed by atoms with Crippen LogP contribution < -0.4 is 4.90 Å². The van der Waals surface area contributed by atoms with E-state index in [-0.39, 0.29) is 0 Å². The maximum absolute atomic E-state index is 6.01. The number of pyridine rings is 1. The quantitative estimate of drug-likeness (QED) is 0.664. The lowest BCUT2D eigenvalue weighted by atomic mass is 10.1. The smallest absolute Gasteiger partial charge is 0.136 e. The largest absolute Gasteiger partial charge is 0.469 e. The molecule has 0 saturated carbocycles. The van der Waals surface area contributed by atoms with Gasteiger partial charge in [-0.1, -0.05) is 24.3 Å². The van der Waals surface area contributed by atoms with Crippen LogP contribution in [0, 0.1) is 6.92 Å². The van der Waals surface area contributed by atoms with E-state index in [0.717, 1.165) is 34.5 Å². The number of nitrogens with zero attached hydrogens (tertiary/aromatic N) is 2. The molecule has 2 aromatic heterocycles. The summed E-state index contributed by atoms with van der Waals surface area (Å²) in [7, 11) is 2.04. The Labute approximate surface area is 129 Å². The van der Waals surface area contributed by atoms with Crippen LogP contribution in [0.5, 0.6) is 0 Å². The molecule has 0 aliphatic rings. The molecule has 0 aliphatic heterocycles. The zero-order valence-electron chi connectivity index (χ0n) is 12.1. The Hall–Kier alpha value is -2.00. The fraction of sp³-hybridized carbons (Fsp3) is 0.235. The third kappa shape index (κ3) is 2.61. The van der Waals surface area contributed by atoms with Crippen molar-refractivity contribution in [2.24, 2.45) is 0 Å². The average Bonchev–Trinajstić information content (AvgIpc) is 2.91. The Morgan fingerprint density at radius 2 is 1.90 bits per heavy atom. The number of fused-ring (bicyclic) bond motifs is 1. The third-order valence-corrected chi connectivity index (χ3v) is 4.02. The molecule has 0 unspecified atom stereocenters. The molecule has 4 heteroatoms. The predicted octanol–water partition coefficient (Wildman–Crippen LogP) is 4.51. The van der Waals surface area contributed by atoms with Gasteiger partial charge >= 0.3 is 0 Å². The van der Waals surface area contributed by atoms with Crippen molar-refractivity contribution in [1.29, 1.82) is 0 Å². The van der Waals surface area contributed by atoms with Crippen LogP contribution in [0.3, 0.4) is 0 Å². The second-order valence-electron chi connectivity index (χ2n) is 5.14. The van der Waals surface area contributed by atoms with Crippen LogP contribution in [0.1, 0.15) is 16.9 Å². The standard InChI is InChI=1S/C17H17ClN2O/c1-12-13(7-8-21-12)11-20(2)17-16-6-4-3-5-15(16)14(9-18)10-19-17/h3-8,10H,9,11H2,1-2H3. The maximum atomic E-state index is 6.01. The fourth-order valence-corrected chi connectivity index (χ4v) is 2.77. The molecule has 0 bridgehead atoms. The van der Waals surface area contributed by atoms with Gasteiger partial charge in [-0.15, -0.1) is 11.6 Å². The van der Waals surface area contributed by atoms with Gasteiger partial charge < -0.3 is 9.32 Å². The molecule has 0 amide bonds. The van der Waals surface area contributed by atoms with Crippen LogP contribution in [-0.2, 0) is 12.4 Å². The molecule has 0 spiro atoms. The van der Waals surface area contributed by atoms with Crippen LogP contribution in [0.4, 0.5) is 5.82 Å². The van der Waals surface area contributed by atoms with Crippen molar-refractivity contribution in [1.82, 2.24) is 4.98 Å². The number of halogens is 1. The van der Waals surface area contributed by atoms with Crippen molar-refractivity contribution >= 4 is 28.2 Å². The van der Waals surface area contributed by atoms with E-state index in [0.29, 0.717) is 5.88 Å². The van der Waals surface area contributed by atoms with Gasteiger partial charge in [-0.3, -0.25) is 0 Å². The fourth-order valence-electron chi connectivity index (χ4n) is 2.55. The Morgan fingerprint density at radius 3 is 2.57 bits per heavy atom. The summed E-state index contributed by atoms with van der Waals surface area (Å²) in [5.41, 5.74) is 2.23. The number of hydrogen-bond donors (Lipinski definition) is 0. The Kier molecular flexibility index (Phi) is 3.84. The van der Waals surface area contributed by atoms with Gasteiger partial charge in [-0.2, -0.15) is 0 Å². The highest BCUT2D eigenvalue weighted by molar-refractivity contribution is 6.18.